The molecule has 2 fully saturated rings. The lowest BCUT2D eigenvalue weighted by Gasteiger charge is -2.47. The molecule has 0 saturated heterocycles. The number of hydrogen-bond donors (Lipinski definition) is 0. The van der Waals surface area contributed by atoms with Gasteiger partial charge in [-0.3, -0.25) is 0 Å². The van der Waals surface area contributed by atoms with Crippen LogP contribution in [0, 0.1) is 29.1 Å². The fourth-order valence-corrected chi connectivity index (χ4v) is 4.07. The Hall–Kier alpha value is 0. The summed E-state index contributed by atoms with van der Waals surface area (Å²) >= 11 is 0. The molecule has 2 rings (SSSR count). The van der Waals surface area contributed by atoms with Crippen LogP contribution in [0.15, 0.2) is 0 Å². The minimum atomic E-state index is 0.538. The normalized spacial score (nSPS) is 42.4. The van der Waals surface area contributed by atoms with Crippen molar-refractivity contribution in [1.29, 1.82) is 0 Å². The Morgan fingerprint density at radius 1 is 0.933 bits per heavy atom. The smallest absolute Gasteiger partial charge is 0.0354 e. The van der Waals surface area contributed by atoms with E-state index in [0.29, 0.717) is 5.41 Å². The van der Waals surface area contributed by atoms with E-state index < -0.39 is 0 Å². The van der Waals surface area contributed by atoms with Crippen molar-refractivity contribution in [3.8, 4) is 0 Å². The van der Waals surface area contributed by atoms with Crippen molar-refractivity contribution in [1.82, 2.24) is 0 Å². The highest BCUT2D eigenvalue weighted by Gasteiger charge is 2.40. The van der Waals surface area contributed by atoms with Crippen molar-refractivity contribution >= 4 is 0 Å². The van der Waals surface area contributed by atoms with Crippen molar-refractivity contribution < 1.29 is 0 Å². The quantitative estimate of drug-likeness (QED) is 0.532. The first-order valence-corrected chi connectivity index (χ1v) is 6.98. The summed E-state index contributed by atoms with van der Waals surface area (Å²) in [5, 5.41) is 0. The lowest BCUT2D eigenvalue weighted by atomic mass is 9.58. The molecule has 4 atom stereocenters. The highest BCUT2D eigenvalue weighted by Crippen LogP contribution is 2.50. The topological polar surface area (TPSA) is 0 Å². The molecule has 0 N–H and O–H groups in total. The Bertz CT molecular complexity index is 211. The van der Waals surface area contributed by atoms with Crippen LogP contribution in [0.5, 0.6) is 0 Å². The second-order valence-corrected chi connectivity index (χ2v) is 7.22. The van der Waals surface area contributed by atoms with Gasteiger partial charge in [0, 0.05) is 0 Å². The Morgan fingerprint density at radius 3 is 2.27 bits per heavy atom. The minimum Gasteiger partial charge on any atom is -0.0622 e. The Balaban J connectivity index is 2.05. The first-order chi connectivity index (χ1) is 6.98. The average molecular weight is 208 g/mol. The summed E-state index contributed by atoms with van der Waals surface area (Å²) in [5.41, 5.74) is 0.538. The van der Waals surface area contributed by atoms with Crippen LogP contribution in [0.4, 0.5) is 0 Å². The molecule has 0 spiro atoms. The van der Waals surface area contributed by atoms with Crippen molar-refractivity contribution in [2.24, 2.45) is 29.1 Å². The van der Waals surface area contributed by atoms with E-state index in [-0.39, 0.29) is 0 Å². The van der Waals surface area contributed by atoms with Crippen molar-refractivity contribution in [3.05, 3.63) is 0 Å². The van der Waals surface area contributed by atoms with Crippen LogP contribution >= 0.6 is 0 Å². The van der Waals surface area contributed by atoms with Crippen molar-refractivity contribution in [3.63, 3.8) is 0 Å². The Morgan fingerprint density at radius 2 is 1.60 bits per heavy atom. The third-order valence-electron chi connectivity index (χ3n) is 5.17. The van der Waals surface area contributed by atoms with Gasteiger partial charge in [0.1, 0.15) is 0 Å². The molecule has 2 aliphatic carbocycles. The van der Waals surface area contributed by atoms with Crippen LogP contribution in [-0.2, 0) is 0 Å². The van der Waals surface area contributed by atoms with E-state index in [9.17, 15) is 0 Å². The third-order valence-corrected chi connectivity index (χ3v) is 5.17. The second-order valence-electron chi connectivity index (χ2n) is 7.22. The van der Waals surface area contributed by atoms with Gasteiger partial charge < -0.3 is 0 Å². The zero-order valence-electron chi connectivity index (χ0n) is 11.1. The van der Waals surface area contributed by atoms with E-state index in [0.717, 1.165) is 23.7 Å². The molecule has 0 aromatic rings. The Kier molecular flexibility index (Phi) is 3.14. The molecule has 2 saturated carbocycles. The SMILES string of the molecule is C[C@H]1CC(C(C)(C)C)CC2CCCCC21. The molecule has 0 amide bonds. The third kappa shape index (κ3) is 2.40. The van der Waals surface area contributed by atoms with Crippen LogP contribution in [0.2, 0.25) is 0 Å². The maximum absolute atomic E-state index is 2.51. The number of rotatable bonds is 0. The van der Waals surface area contributed by atoms with Crippen LogP contribution in [0.25, 0.3) is 0 Å². The first-order valence-electron chi connectivity index (χ1n) is 6.98. The lowest BCUT2D eigenvalue weighted by molar-refractivity contribution is 0.0306. The van der Waals surface area contributed by atoms with Crippen LogP contribution in [0.1, 0.15) is 66.2 Å². The molecule has 0 aromatic carbocycles. The fraction of sp³-hybridized carbons (Fsp3) is 1.00. The molecule has 2 aliphatic rings. The molecule has 0 aliphatic heterocycles. The molecule has 0 heterocycles. The molecule has 0 radical (unpaired) electrons. The predicted octanol–water partition coefficient (Wildman–Crippen LogP) is 4.89. The van der Waals surface area contributed by atoms with E-state index in [4.69, 9.17) is 0 Å². The summed E-state index contributed by atoms with van der Waals surface area (Å²) in [5.74, 6) is 4.13. The van der Waals surface area contributed by atoms with E-state index in [2.05, 4.69) is 27.7 Å². The highest BCUT2D eigenvalue weighted by atomic mass is 14.5. The van der Waals surface area contributed by atoms with Crippen molar-refractivity contribution in [2.75, 3.05) is 0 Å². The van der Waals surface area contributed by atoms with Crippen molar-refractivity contribution in [2.45, 2.75) is 66.2 Å². The van der Waals surface area contributed by atoms with Gasteiger partial charge in [0.15, 0.2) is 0 Å². The van der Waals surface area contributed by atoms with Gasteiger partial charge in [-0.05, 0) is 48.3 Å². The maximum Gasteiger partial charge on any atom is -0.0354 e. The van der Waals surface area contributed by atoms with E-state index in [1.165, 1.54) is 38.5 Å². The van der Waals surface area contributed by atoms with Gasteiger partial charge >= 0.3 is 0 Å². The van der Waals surface area contributed by atoms with Gasteiger partial charge in [0.05, 0.1) is 0 Å². The van der Waals surface area contributed by atoms with Gasteiger partial charge in [-0.1, -0.05) is 47.0 Å². The summed E-state index contributed by atoms with van der Waals surface area (Å²) in [7, 11) is 0. The molecule has 0 heteroatoms. The van der Waals surface area contributed by atoms with E-state index in [1.807, 2.05) is 0 Å². The standard InChI is InChI=1S/C15H28/c1-11-9-13(15(2,3)4)10-12-7-5-6-8-14(11)12/h11-14H,5-10H2,1-4H3/t11-,12?,13?,14?/m0/s1. The monoisotopic (exact) mass is 208 g/mol. The molecular formula is C15H28. The lowest BCUT2D eigenvalue weighted by Crippen LogP contribution is -2.38. The molecule has 0 aromatic heterocycles. The Labute approximate surface area is 95.8 Å². The maximum atomic E-state index is 2.51. The summed E-state index contributed by atoms with van der Waals surface area (Å²) in [6.07, 6.45) is 9.09. The largest absolute Gasteiger partial charge is 0.0622 e. The molecule has 0 bridgehead atoms. The predicted molar refractivity (Wildman–Crippen MR) is 66.8 cm³/mol. The molecule has 0 nitrogen and oxygen atoms in total. The van der Waals surface area contributed by atoms with Crippen LogP contribution < -0.4 is 0 Å². The van der Waals surface area contributed by atoms with Crippen LogP contribution in [-0.4, -0.2) is 0 Å². The summed E-state index contributed by atoms with van der Waals surface area (Å²) in [6.45, 7) is 9.83. The first kappa shape index (κ1) is 11.5. The van der Waals surface area contributed by atoms with E-state index >= 15 is 0 Å². The van der Waals surface area contributed by atoms with E-state index in [1.54, 1.807) is 0 Å². The highest BCUT2D eigenvalue weighted by molar-refractivity contribution is 4.90. The number of hydrogen-bond acceptors (Lipinski definition) is 0. The van der Waals surface area contributed by atoms with Gasteiger partial charge in [-0.15, -0.1) is 0 Å². The van der Waals surface area contributed by atoms with Gasteiger partial charge in [-0.25, -0.2) is 0 Å². The molecule has 15 heavy (non-hydrogen) atoms. The van der Waals surface area contributed by atoms with Gasteiger partial charge in [0.2, 0.25) is 0 Å². The average Bonchev–Trinajstić information content (AvgIpc) is 2.16. The summed E-state index contributed by atoms with van der Waals surface area (Å²) in [4.78, 5) is 0. The fourth-order valence-electron chi connectivity index (χ4n) is 4.07. The van der Waals surface area contributed by atoms with Gasteiger partial charge in [0.25, 0.3) is 0 Å². The van der Waals surface area contributed by atoms with Gasteiger partial charge in [-0.2, -0.15) is 0 Å². The zero-order chi connectivity index (χ0) is 11.1. The minimum absolute atomic E-state index is 0.538. The second kappa shape index (κ2) is 4.11. The molecule has 3 unspecified atom stereocenters. The summed E-state index contributed by atoms with van der Waals surface area (Å²) < 4.78 is 0. The molecule has 88 valence electrons. The van der Waals surface area contributed by atoms with Crippen LogP contribution in [0.3, 0.4) is 0 Å². The summed E-state index contributed by atoms with van der Waals surface area (Å²) in [6, 6.07) is 0. The number of fused-ring (bicyclic) bond motifs is 1. The zero-order valence-corrected chi connectivity index (χ0v) is 11.1. The molecular weight excluding hydrogens is 180 g/mol.